The fourth-order valence-corrected chi connectivity index (χ4v) is 4.83. The molecule has 0 aromatic heterocycles. The molecule has 0 spiro atoms. The van der Waals surface area contributed by atoms with Crippen molar-refractivity contribution >= 4 is 5.97 Å². The fraction of sp³-hybridized carbons (Fsp3) is 0.519. The summed E-state index contributed by atoms with van der Waals surface area (Å²) in [6.45, 7) is 4.75. The highest BCUT2D eigenvalue weighted by Gasteiger charge is 2.45. The van der Waals surface area contributed by atoms with E-state index >= 15 is 0 Å². The van der Waals surface area contributed by atoms with E-state index in [2.05, 4.69) is 5.32 Å². The van der Waals surface area contributed by atoms with Gasteiger partial charge in [-0.15, -0.1) is 0 Å². The zero-order valence-corrected chi connectivity index (χ0v) is 20.5. The number of carbonyl (C=O) groups excluding carboxylic acids is 1. The van der Waals surface area contributed by atoms with Gasteiger partial charge in [-0.05, 0) is 66.5 Å². The van der Waals surface area contributed by atoms with Gasteiger partial charge >= 0.3 is 18.3 Å². The van der Waals surface area contributed by atoms with Crippen LogP contribution < -0.4 is 5.32 Å². The number of esters is 1. The Bertz CT molecular complexity index is 1030. The van der Waals surface area contributed by atoms with Crippen LogP contribution in [0.25, 0.3) is 11.1 Å². The van der Waals surface area contributed by atoms with Crippen LogP contribution in [0.3, 0.4) is 0 Å². The number of carbonyl (C=O) groups is 1. The summed E-state index contributed by atoms with van der Waals surface area (Å²) in [5, 5.41) is 2.71. The van der Waals surface area contributed by atoms with E-state index in [1.807, 2.05) is 0 Å². The van der Waals surface area contributed by atoms with Crippen LogP contribution in [0.2, 0.25) is 0 Å². The lowest BCUT2D eigenvalue weighted by molar-refractivity contribution is -0.180. The van der Waals surface area contributed by atoms with Crippen LogP contribution >= 0.6 is 0 Å². The Kier molecular flexibility index (Phi) is 8.75. The van der Waals surface area contributed by atoms with E-state index in [9.17, 15) is 31.1 Å². The molecule has 3 nitrogen and oxygen atoms in total. The van der Waals surface area contributed by atoms with Gasteiger partial charge < -0.3 is 10.1 Å². The molecule has 1 aliphatic rings. The maximum absolute atomic E-state index is 14.7. The predicted molar refractivity (Wildman–Crippen MR) is 125 cm³/mol. The third-order valence-corrected chi connectivity index (χ3v) is 6.50. The van der Waals surface area contributed by atoms with Gasteiger partial charge in [0.2, 0.25) is 0 Å². The van der Waals surface area contributed by atoms with Gasteiger partial charge in [-0.2, -0.15) is 26.3 Å². The Labute approximate surface area is 207 Å². The average molecular weight is 516 g/mol. The van der Waals surface area contributed by atoms with Crippen molar-refractivity contribution in [2.24, 2.45) is 11.8 Å². The lowest BCUT2D eigenvalue weighted by Crippen LogP contribution is -2.41. The van der Waals surface area contributed by atoms with Crippen molar-refractivity contribution in [1.82, 2.24) is 5.32 Å². The van der Waals surface area contributed by atoms with Crippen LogP contribution in [0, 0.1) is 11.8 Å². The minimum atomic E-state index is -4.83. The molecule has 0 aliphatic carbocycles. The van der Waals surface area contributed by atoms with Crippen molar-refractivity contribution in [3.8, 4) is 11.1 Å². The standard InChI is InChI=1S/C27H31F6NO2/c1-4-36-25(35)21(12-16(2)3)20-13-18(17-8-6-5-7-9-17)14-22(24(20)27(31,32)33)23-11-10-19(15-34-23)26(28,29)30/h5-9,13-14,16,19,21,23,34H,4,10-12,15H2,1-3H3. The number of ether oxygens (including phenoxy) is 1. The van der Waals surface area contributed by atoms with Crippen molar-refractivity contribution in [2.75, 3.05) is 13.2 Å². The van der Waals surface area contributed by atoms with Crippen molar-refractivity contribution in [3.05, 3.63) is 59.2 Å². The molecule has 2 aromatic carbocycles. The Morgan fingerprint density at radius 2 is 1.69 bits per heavy atom. The maximum Gasteiger partial charge on any atom is 0.417 e. The molecule has 1 aliphatic heterocycles. The molecule has 3 rings (SSSR count). The Balaban J connectivity index is 2.23. The third-order valence-electron chi connectivity index (χ3n) is 6.50. The number of alkyl halides is 6. The monoisotopic (exact) mass is 515 g/mol. The van der Waals surface area contributed by atoms with Crippen LogP contribution in [-0.2, 0) is 15.7 Å². The first-order valence-electron chi connectivity index (χ1n) is 12.1. The first-order chi connectivity index (χ1) is 16.8. The van der Waals surface area contributed by atoms with Crippen LogP contribution in [0.1, 0.15) is 68.7 Å². The summed E-state index contributed by atoms with van der Waals surface area (Å²) < 4.78 is 88.7. The molecule has 3 atom stereocenters. The average Bonchev–Trinajstić information content (AvgIpc) is 2.81. The second-order valence-corrected chi connectivity index (χ2v) is 9.60. The smallest absolute Gasteiger partial charge is 0.417 e. The molecule has 1 heterocycles. The topological polar surface area (TPSA) is 38.3 Å². The molecule has 198 valence electrons. The van der Waals surface area contributed by atoms with Gasteiger partial charge in [0.05, 0.1) is 24.0 Å². The van der Waals surface area contributed by atoms with Gasteiger partial charge in [0.25, 0.3) is 0 Å². The summed E-state index contributed by atoms with van der Waals surface area (Å²) in [7, 11) is 0. The summed E-state index contributed by atoms with van der Waals surface area (Å²) >= 11 is 0. The van der Waals surface area contributed by atoms with Gasteiger partial charge in [-0.1, -0.05) is 44.2 Å². The lowest BCUT2D eigenvalue weighted by atomic mass is 9.80. The van der Waals surface area contributed by atoms with Crippen molar-refractivity contribution < 1.29 is 35.9 Å². The second kappa shape index (κ2) is 11.2. The second-order valence-electron chi connectivity index (χ2n) is 9.60. The number of rotatable bonds is 7. The highest BCUT2D eigenvalue weighted by atomic mass is 19.4. The minimum absolute atomic E-state index is 0.0169. The van der Waals surface area contributed by atoms with Crippen LogP contribution in [-0.4, -0.2) is 25.3 Å². The van der Waals surface area contributed by atoms with Gasteiger partial charge in [-0.25, -0.2) is 0 Å². The van der Waals surface area contributed by atoms with Gasteiger partial charge in [0, 0.05) is 12.6 Å². The van der Waals surface area contributed by atoms with Gasteiger partial charge in [-0.3, -0.25) is 4.79 Å². The minimum Gasteiger partial charge on any atom is -0.466 e. The molecule has 9 heteroatoms. The van der Waals surface area contributed by atoms with Crippen LogP contribution in [0.5, 0.6) is 0 Å². The Morgan fingerprint density at radius 1 is 1.03 bits per heavy atom. The molecule has 2 aromatic rings. The van der Waals surface area contributed by atoms with Gasteiger partial charge in [0.1, 0.15) is 0 Å². The molecule has 1 fully saturated rings. The first kappa shape index (κ1) is 28.0. The quantitative estimate of drug-likeness (QED) is 0.304. The molecule has 36 heavy (non-hydrogen) atoms. The van der Waals surface area contributed by atoms with E-state index in [4.69, 9.17) is 4.74 Å². The van der Waals surface area contributed by atoms with E-state index in [1.54, 1.807) is 51.1 Å². The molecule has 0 saturated carbocycles. The summed E-state index contributed by atoms with van der Waals surface area (Å²) in [6, 6.07) is 10.6. The molecule has 1 saturated heterocycles. The number of hydrogen-bond donors (Lipinski definition) is 1. The highest BCUT2D eigenvalue weighted by Crippen LogP contribution is 2.46. The number of nitrogens with one attached hydrogen (secondary N) is 1. The molecule has 0 amide bonds. The number of piperidine rings is 1. The molecular weight excluding hydrogens is 484 g/mol. The zero-order chi connectivity index (χ0) is 26.7. The van der Waals surface area contributed by atoms with Crippen LogP contribution in [0.4, 0.5) is 26.3 Å². The van der Waals surface area contributed by atoms with E-state index in [0.29, 0.717) is 11.1 Å². The SMILES string of the molecule is CCOC(=O)C(CC(C)C)c1cc(-c2ccccc2)cc(C2CCC(C(F)(F)F)CN2)c1C(F)(F)F. The number of benzene rings is 2. The normalized spacial score (nSPS) is 19.8. The fourth-order valence-electron chi connectivity index (χ4n) is 4.83. The van der Waals surface area contributed by atoms with E-state index < -0.39 is 48.3 Å². The summed E-state index contributed by atoms with van der Waals surface area (Å²) in [5.74, 6) is -3.64. The van der Waals surface area contributed by atoms with Crippen molar-refractivity contribution in [1.29, 1.82) is 0 Å². The van der Waals surface area contributed by atoms with Crippen molar-refractivity contribution in [3.63, 3.8) is 0 Å². The van der Waals surface area contributed by atoms with Gasteiger partial charge in [0.15, 0.2) is 0 Å². The molecular formula is C27H31F6NO2. The first-order valence-corrected chi connectivity index (χ1v) is 12.1. The summed E-state index contributed by atoms with van der Waals surface area (Å²) in [6.07, 6.45) is -9.51. The van der Waals surface area contributed by atoms with E-state index in [-0.39, 0.29) is 42.9 Å². The zero-order valence-electron chi connectivity index (χ0n) is 20.5. The molecule has 3 unspecified atom stereocenters. The number of hydrogen-bond acceptors (Lipinski definition) is 3. The van der Waals surface area contributed by atoms with Crippen LogP contribution in [0.15, 0.2) is 42.5 Å². The Morgan fingerprint density at radius 3 is 2.19 bits per heavy atom. The predicted octanol–water partition coefficient (Wildman–Crippen LogP) is 7.67. The lowest BCUT2D eigenvalue weighted by Gasteiger charge is -2.34. The molecule has 0 bridgehead atoms. The largest absolute Gasteiger partial charge is 0.466 e. The summed E-state index contributed by atoms with van der Waals surface area (Å²) in [5.41, 5.74) is -0.205. The highest BCUT2D eigenvalue weighted by molar-refractivity contribution is 5.80. The third kappa shape index (κ3) is 6.60. The molecule has 1 N–H and O–H groups in total. The van der Waals surface area contributed by atoms with Crippen molar-refractivity contribution in [2.45, 2.75) is 64.3 Å². The Hall–Kier alpha value is -2.55. The summed E-state index contributed by atoms with van der Waals surface area (Å²) in [4.78, 5) is 12.9. The van der Waals surface area contributed by atoms with E-state index in [0.717, 1.165) is 0 Å². The molecule has 0 radical (unpaired) electrons. The van der Waals surface area contributed by atoms with E-state index in [1.165, 1.54) is 12.1 Å². The number of halogens is 6. The maximum atomic E-state index is 14.7.